The number of carbonyl (C=O) groups is 2. The van der Waals surface area contributed by atoms with Gasteiger partial charge in [0.2, 0.25) is 5.91 Å². The van der Waals surface area contributed by atoms with Gasteiger partial charge in [0.1, 0.15) is 6.04 Å². The molecule has 6 heteroatoms. The molecule has 2 aliphatic heterocycles. The highest BCUT2D eigenvalue weighted by Crippen LogP contribution is 2.15. The second kappa shape index (κ2) is 5.01. The summed E-state index contributed by atoms with van der Waals surface area (Å²) in [4.78, 5) is 26.9. The fourth-order valence-electron chi connectivity index (χ4n) is 2.38. The standard InChI is InChI=1S/C11H19N3O3/c1-13-4-6-14(7-5-13)10(15)8-2-3-9(12-8)11(16)17/h8-9,12H,2-7H2,1H3,(H,16,17)/t8-,9-/m1/s1. The van der Waals surface area contributed by atoms with Gasteiger partial charge in [-0.2, -0.15) is 0 Å². The number of hydrogen-bond acceptors (Lipinski definition) is 4. The van der Waals surface area contributed by atoms with E-state index in [9.17, 15) is 9.59 Å². The van der Waals surface area contributed by atoms with E-state index >= 15 is 0 Å². The van der Waals surface area contributed by atoms with Crippen molar-refractivity contribution in [2.45, 2.75) is 24.9 Å². The molecule has 2 aliphatic rings. The number of aliphatic carboxylic acids is 1. The molecule has 17 heavy (non-hydrogen) atoms. The maximum atomic E-state index is 12.1. The fraction of sp³-hybridized carbons (Fsp3) is 0.818. The highest BCUT2D eigenvalue weighted by molar-refractivity contribution is 5.84. The number of hydrogen-bond donors (Lipinski definition) is 2. The van der Waals surface area contributed by atoms with E-state index < -0.39 is 12.0 Å². The van der Waals surface area contributed by atoms with Crippen LogP contribution in [0.15, 0.2) is 0 Å². The van der Waals surface area contributed by atoms with Crippen LogP contribution in [0.5, 0.6) is 0 Å². The summed E-state index contributed by atoms with van der Waals surface area (Å²) in [7, 11) is 2.04. The average Bonchev–Trinajstić information content (AvgIpc) is 2.78. The largest absolute Gasteiger partial charge is 0.480 e. The van der Waals surface area contributed by atoms with Crippen molar-refractivity contribution in [1.29, 1.82) is 0 Å². The van der Waals surface area contributed by atoms with Crippen LogP contribution in [0.4, 0.5) is 0 Å². The fourth-order valence-corrected chi connectivity index (χ4v) is 2.38. The molecule has 0 unspecified atom stereocenters. The van der Waals surface area contributed by atoms with E-state index in [4.69, 9.17) is 5.11 Å². The zero-order valence-electron chi connectivity index (χ0n) is 10.1. The minimum Gasteiger partial charge on any atom is -0.480 e. The quantitative estimate of drug-likeness (QED) is 0.646. The van der Waals surface area contributed by atoms with Gasteiger partial charge in [-0.1, -0.05) is 0 Å². The molecule has 0 spiro atoms. The number of carboxylic acid groups (broad SMARTS) is 1. The van der Waals surface area contributed by atoms with Gasteiger partial charge in [-0.25, -0.2) is 0 Å². The predicted molar refractivity (Wildman–Crippen MR) is 61.7 cm³/mol. The lowest BCUT2D eigenvalue weighted by molar-refractivity contribution is -0.139. The number of carboxylic acids is 1. The van der Waals surface area contributed by atoms with Crippen LogP contribution in [0.25, 0.3) is 0 Å². The lowest BCUT2D eigenvalue weighted by atomic mass is 10.1. The lowest BCUT2D eigenvalue weighted by Gasteiger charge is -2.34. The molecule has 0 aliphatic carbocycles. The normalized spacial score (nSPS) is 30.5. The Kier molecular flexibility index (Phi) is 3.63. The van der Waals surface area contributed by atoms with Gasteiger partial charge < -0.3 is 14.9 Å². The summed E-state index contributed by atoms with van der Waals surface area (Å²) >= 11 is 0. The third-order valence-electron chi connectivity index (χ3n) is 3.56. The van der Waals surface area contributed by atoms with Gasteiger partial charge in [-0.15, -0.1) is 0 Å². The Bertz CT molecular complexity index is 313. The molecule has 0 saturated carbocycles. The first-order chi connectivity index (χ1) is 8.08. The van der Waals surface area contributed by atoms with Gasteiger partial charge in [-0.05, 0) is 19.9 Å². The molecule has 96 valence electrons. The van der Waals surface area contributed by atoms with E-state index in [-0.39, 0.29) is 11.9 Å². The number of nitrogens with one attached hydrogen (secondary N) is 1. The maximum absolute atomic E-state index is 12.1. The molecule has 1 amide bonds. The molecule has 2 N–H and O–H groups in total. The number of piperazine rings is 1. The number of nitrogens with zero attached hydrogens (tertiary/aromatic N) is 2. The highest BCUT2D eigenvalue weighted by atomic mass is 16.4. The van der Waals surface area contributed by atoms with Crippen LogP contribution in [0.2, 0.25) is 0 Å². The first kappa shape index (κ1) is 12.3. The van der Waals surface area contributed by atoms with Crippen molar-refractivity contribution >= 4 is 11.9 Å². The average molecular weight is 241 g/mol. The maximum Gasteiger partial charge on any atom is 0.320 e. The molecule has 0 radical (unpaired) electrons. The Morgan fingerprint density at radius 3 is 2.24 bits per heavy atom. The molecule has 2 heterocycles. The Morgan fingerprint density at radius 2 is 1.71 bits per heavy atom. The minimum absolute atomic E-state index is 0.0573. The third-order valence-corrected chi connectivity index (χ3v) is 3.56. The predicted octanol–water partition coefficient (Wildman–Crippen LogP) is -1.03. The number of likely N-dealkylation sites (N-methyl/N-ethyl adjacent to an activating group) is 1. The highest BCUT2D eigenvalue weighted by Gasteiger charge is 2.35. The summed E-state index contributed by atoms with van der Waals surface area (Å²) in [6, 6.07) is -0.865. The van der Waals surface area contributed by atoms with Crippen molar-refractivity contribution < 1.29 is 14.7 Å². The van der Waals surface area contributed by atoms with E-state index in [1.54, 1.807) is 0 Å². The SMILES string of the molecule is CN1CCN(C(=O)[C@H]2CC[C@H](C(=O)O)N2)CC1. The molecule has 2 fully saturated rings. The molecule has 2 atom stereocenters. The van der Waals surface area contributed by atoms with Crippen LogP contribution in [0.3, 0.4) is 0 Å². The van der Waals surface area contributed by atoms with Crippen molar-refractivity contribution in [1.82, 2.24) is 15.1 Å². The number of amides is 1. The summed E-state index contributed by atoms with van der Waals surface area (Å²) in [5.74, 6) is -0.805. The number of carbonyl (C=O) groups excluding carboxylic acids is 1. The lowest BCUT2D eigenvalue weighted by Crippen LogP contribution is -2.53. The van der Waals surface area contributed by atoms with Crippen LogP contribution in [-0.2, 0) is 9.59 Å². The second-order valence-electron chi connectivity index (χ2n) is 4.82. The van der Waals surface area contributed by atoms with Gasteiger partial charge in [-0.3, -0.25) is 14.9 Å². The molecule has 0 aromatic heterocycles. The Labute approximate surface area is 101 Å². The summed E-state index contributed by atoms with van der Waals surface area (Å²) in [6.45, 7) is 3.26. The first-order valence-corrected chi connectivity index (χ1v) is 6.04. The molecule has 6 nitrogen and oxygen atoms in total. The van der Waals surface area contributed by atoms with E-state index in [0.717, 1.165) is 26.2 Å². The van der Waals surface area contributed by atoms with E-state index in [1.165, 1.54) is 0 Å². The van der Waals surface area contributed by atoms with Gasteiger partial charge >= 0.3 is 5.97 Å². The zero-order chi connectivity index (χ0) is 12.4. The van der Waals surface area contributed by atoms with Crippen molar-refractivity contribution in [2.24, 2.45) is 0 Å². The monoisotopic (exact) mass is 241 g/mol. The molecule has 2 saturated heterocycles. The van der Waals surface area contributed by atoms with Crippen molar-refractivity contribution in [3.05, 3.63) is 0 Å². The van der Waals surface area contributed by atoms with E-state index in [0.29, 0.717) is 12.8 Å². The van der Waals surface area contributed by atoms with Crippen LogP contribution in [0, 0.1) is 0 Å². The van der Waals surface area contributed by atoms with Gasteiger partial charge in [0.15, 0.2) is 0 Å². The van der Waals surface area contributed by atoms with Gasteiger partial charge in [0.25, 0.3) is 0 Å². The van der Waals surface area contributed by atoms with Crippen molar-refractivity contribution in [2.75, 3.05) is 33.2 Å². The Balaban J connectivity index is 1.86. The third kappa shape index (κ3) is 2.76. The molecular formula is C11H19N3O3. The topological polar surface area (TPSA) is 72.9 Å². The summed E-state index contributed by atoms with van der Waals surface area (Å²) in [5, 5.41) is 11.8. The summed E-state index contributed by atoms with van der Waals surface area (Å²) in [6.07, 6.45) is 1.17. The smallest absolute Gasteiger partial charge is 0.320 e. The molecule has 0 bridgehead atoms. The van der Waals surface area contributed by atoms with Crippen molar-refractivity contribution in [3.63, 3.8) is 0 Å². The summed E-state index contributed by atoms with van der Waals surface area (Å²) in [5.41, 5.74) is 0. The molecular weight excluding hydrogens is 222 g/mol. The van der Waals surface area contributed by atoms with Crippen LogP contribution >= 0.6 is 0 Å². The molecule has 0 aromatic carbocycles. The van der Waals surface area contributed by atoms with Gasteiger partial charge in [0.05, 0.1) is 6.04 Å². The van der Waals surface area contributed by atoms with Crippen LogP contribution in [-0.4, -0.2) is 72.1 Å². The molecule has 0 aromatic rings. The Morgan fingerprint density at radius 1 is 1.12 bits per heavy atom. The summed E-state index contributed by atoms with van der Waals surface area (Å²) < 4.78 is 0. The molecule has 2 rings (SSSR count). The Hall–Kier alpha value is -1.14. The van der Waals surface area contributed by atoms with Gasteiger partial charge in [0, 0.05) is 26.2 Å². The minimum atomic E-state index is -0.862. The first-order valence-electron chi connectivity index (χ1n) is 6.04. The van der Waals surface area contributed by atoms with Crippen LogP contribution < -0.4 is 5.32 Å². The van der Waals surface area contributed by atoms with E-state index in [1.807, 2.05) is 11.9 Å². The van der Waals surface area contributed by atoms with Crippen LogP contribution in [0.1, 0.15) is 12.8 Å². The zero-order valence-corrected chi connectivity index (χ0v) is 10.1. The second-order valence-corrected chi connectivity index (χ2v) is 4.82. The number of rotatable bonds is 2. The van der Waals surface area contributed by atoms with E-state index in [2.05, 4.69) is 10.2 Å². The van der Waals surface area contributed by atoms with Crippen molar-refractivity contribution in [3.8, 4) is 0 Å².